The standard InChI is InChI=1S/C17H23NO.BF4/c1-16(2,3)14-9-13(12-7-8-18-11-12)10-15(19-14)17(4,5)6;2-1(3,4)5/h7-11H,1-6H3;/q;-1/p+1. The normalized spacial score (nSPS) is 17.9. The van der Waals surface area contributed by atoms with E-state index < -0.39 is 7.25 Å². The van der Waals surface area contributed by atoms with E-state index in [0.29, 0.717) is 0 Å². The van der Waals surface area contributed by atoms with Gasteiger partial charge in [0.2, 0.25) is 0 Å². The second kappa shape index (κ2) is 6.99. The number of halogens is 4. The van der Waals surface area contributed by atoms with E-state index in [-0.39, 0.29) is 10.8 Å². The Morgan fingerprint density at radius 1 is 0.833 bits per heavy atom. The van der Waals surface area contributed by atoms with Gasteiger partial charge in [0, 0.05) is 16.9 Å². The molecule has 2 aliphatic rings. The van der Waals surface area contributed by atoms with Crippen LogP contribution in [0.2, 0.25) is 0 Å². The molecule has 1 N–H and O–H groups in total. The van der Waals surface area contributed by atoms with Crippen molar-refractivity contribution in [1.29, 1.82) is 0 Å². The molecule has 2 aliphatic heterocycles. The van der Waals surface area contributed by atoms with E-state index in [1.807, 2.05) is 12.4 Å². The van der Waals surface area contributed by atoms with Crippen LogP contribution in [0.4, 0.5) is 17.3 Å². The summed E-state index contributed by atoms with van der Waals surface area (Å²) < 4.78 is 45.1. The van der Waals surface area contributed by atoms with Crippen molar-refractivity contribution in [2.75, 3.05) is 0 Å². The summed E-state index contributed by atoms with van der Waals surface area (Å²) in [5, 5.41) is 0. The minimum atomic E-state index is -6.00. The van der Waals surface area contributed by atoms with Crippen LogP contribution in [0.15, 0.2) is 47.1 Å². The molecule has 2 rings (SSSR count). The van der Waals surface area contributed by atoms with Gasteiger partial charge in [0.05, 0.1) is 5.57 Å². The first-order valence-electron chi connectivity index (χ1n) is 7.67. The fraction of sp³-hybridized carbons (Fsp3) is 0.471. The van der Waals surface area contributed by atoms with Crippen molar-refractivity contribution in [3.8, 4) is 0 Å². The lowest BCUT2D eigenvalue weighted by Crippen LogP contribution is -2.58. The Balaban J connectivity index is 0.000000505. The predicted molar refractivity (Wildman–Crippen MR) is 89.5 cm³/mol. The number of nitrogens with one attached hydrogen (secondary N) is 1. The quantitative estimate of drug-likeness (QED) is 0.517. The predicted octanol–water partition coefficient (Wildman–Crippen LogP) is 4.15. The molecule has 0 unspecified atom stereocenters. The summed E-state index contributed by atoms with van der Waals surface area (Å²) in [7, 11) is -6.00. The van der Waals surface area contributed by atoms with Crippen LogP contribution in [0.25, 0.3) is 0 Å². The number of allylic oxidation sites excluding steroid dienone is 7. The number of rotatable bonds is 0. The second-order valence-electron chi connectivity index (χ2n) is 7.67. The van der Waals surface area contributed by atoms with Crippen molar-refractivity contribution >= 4 is 13.5 Å². The zero-order valence-electron chi connectivity index (χ0n) is 14.9. The number of hydrogen-bond acceptors (Lipinski definition) is 1. The molecular weight excluding hydrogens is 321 g/mol. The van der Waals surface area contributed by atoms with E-state index in [9.17, 15) is 17.3 Å². The van der Waals surface area contributed by atoms with Crippen molar-refractivity contribution in [1.82, 2.24) is 0 Å². The van der Waals surface area contributed by atoms with Gasteiger partial charge in [-0.05, 0) is 17.7 Å². The van der Waals surface area contributed by atoms with Crippen molar-refractivity contribution in [2.45, 2.75) is 41.5 Å². The maximum absolute atomic E-state index is 9.75. The summed E-state index contributed by atoms with van der Waals surface area (Å²) in [5.74, 6) is 2.05. The zero-order valence-corrected chi connectivity index (χ0v) is 14.9. The van der Waals surface area contributed by atoms with E-state index in [1.54, 1.807) is 0 Å². The Bertz CT molecular complexity index is 574. The average molecular weight is 345 g/mol. The molecule has 24 heavy (non-hydrogen) atoms. The van der Waals surface area contributed by atoms with Crippen LogP contribution >= 0.6 is 0 Å². The summed E-state index contributed by atoms with van der Waals surface area (Å²) in [6, 6.07) is 0. The molecule has 0 saturated heterocycles. The highest BCUT2D eigenvalue weighted by Crippen LogP contribution is 2.39. The minimum absolute atomic E-state index is 0.00627. The van der Waals surface area contributed by atoms with Gasteiger partial charge in [-0.3, -0.25) is 0 Å². The molecule has 0 saturated carbocycles. The molecular formula is C17H24BF4NO. The Labute approximate surface area is 140 Å². The Kier molecular flexibility index (Phi) is 5.90. The van der Waals surface area contributed by atoms with E-state index in [2.05, 4.69) is 64.8 Å². The first-order chi connectivity index (χ1) is 10.7. The average Bonchev–Trinajstić information content (AvgIpc) is 2.87. The van der Waals surface area contributed by atoms with Crippen molar-refractivity contribution in [3.63, 3.8) is 0 Å². The van der Waals surface area contributed by atoms with Crippen LogP contribution in [-0.4, -0.2) is 13.5 Å². The first kappa shape index (κ1) is 20.3. The van der Waals surface area contributed by atoms with Gasteiger partial charge in [0.25, 0.3) is 0 Å². The van der Waals surface area contributed by atoms with Gasteiger partial charge < -0.3 is 22.0 Å². The molecule has 0 amide bonds. The zero-order chi connectivity index (χ0) is 18.8. The SMILES string of the molecule is CC(C)(C)C1=CC(=C2C=C[NH+]=C2)C=C(C(C)(C)C)O1.F[B-](F)(F)F. The molecule has 0 bridgehead atoms. The van der Waals surface area contributed by atoms with E-state index in [0.717, 1.165) is 11.5 Å². The molecule has 2 heterocycles. The summed E-state index contributed by atoms with van der Waals surface area (Å²) in [6.45, 7) is 13.1. The Morgan fingerprint density at radius 2 is 1.25 bits per heavy atom. The largest absolute Gasteiger partial charge is 0.673 e. The molecule has 0 aliphatic carbocycles. The highest BCUT2D eigenvalue weighted by atomic mass is 19.5. The van der Waals surface area contributed by atoms with Crippen LogP contribution in [0, 0.1) is 10.8 Å². The molecule has 0 atom stereocenters. The molecule has 2 nitrogen and oxygen atoms in total. The molecule has 0 spiro atoms. The van der Waals surface area contributed by atoms with Gasteiger partial charge in [-0.15, -0.1) is 0 Å². The van der Waals surface area contributed by atoms with Crippen LogP contribution in [-0.2, 0) is 4.74 Å². The maximum atomic E-state index is 9.75. The molecule has 134 valence electrons. The summed E-state index contributed by atoms with van der Waals surface area (Å²) in [6.07, 6.45) is 10.4. The second-order valence-corrected chi connectivity index (χ2v) is 7.67. The van der Waals surface area contributed by atoms with E-state index in [4.69, 9.17) is 4.74 Å². The van der Waals surface area contributed by atoms with Gasteiger partial charge in [-0.2, -0.15) is 0 Å². The third kappa shape index (κ3) is 6.77. The van der Waals surface area contributed by atoms with Crippen LogP contribution in [0.3, 0.4) is 0 Å². The van der Waals surface area contributed by atoms with Gasteiger partial charge in [0.15, 0.2) is 12.4 Å². The molecule has 0 aromatic rings. The highest BCUT2D eigenvalue weighted by Gasteiger charge is 2.29. The van der Waals surface area contributed by atoms with Gasteiger partial charge in [-0.1, -0.05) is 41.5 Å². The minimum Gasteiger partial charge on any atom is -0.465 e. The van der Waals surface area contributed by atoms with Crippen LogP contribution in [0.1, 0.15) is 41.5 Å². The Hall–Kier alpha value is -1.79. The third-order valence-electron chi connectivity index (χ3n) is 3.20. The first-order valence-corrected chi connectivity index (χ1v) is 7.67. The van der Waals surface area contributed by atoms with Crippen molar-refractivity contribution in [2.24, 2.45) is 10.8 Å². The van der Waals surface area contributed by atoms with Crippen molar-refractivity contribution in [3.05, 3.63) is 47.1 Å². The van der Waals surface area contributed by atoms with Gasteiger partial charge in [-0.25, -0.2) is 4.99 Å². The molecule has 0 radical (unpaired) electrons. The lowest BCUT2D eigenvalue weighted by Gasteiger charge is -2.32. The van der Waals surface area contributed by atoms with Gasteiger partial charge in [0.1, 0.15) is 11.5 Å². The Morgan fingerprint density at radius 3 is 1.54 bits per heavy atom. The van der Waals surface area contributed by atoms with E-state index >= 15 is 0 Å². The summed E-state index contributed by atoms with van der Waals surface area (Å²) in [4.78, 5) is 3.11. The topological polar surface area (TPSA) is 23.2 Å². The molecule has 7 heteroatoms. The van der Waals surface area contributed by atoms with Crippen LogP contribution < -0.4 is 4.99 Å². The third-order valence-corrected chi connectivity index (χ3v) is 3.20. The number of ether oxygens (including phenoxy) is 1. The monoisotopic (exact) mass is 345 g/mol. The fourth-order valence-electron chi connectivity index (χ4n) is 1.91. The lowest BCUT2D eigenvalue weighted by molar-refractivity contribution is -0.362. The number of hydrogen-bond donors (Lipinski definition) is 1. The van der Waals surface area contributed by atoms with Gasteiger partial charge >= 0.3 is 7.25 Å². The van der Waals surface area contributed by atoms with Crippen molar-refractivity contribution < 1.29 is 27.0 Å². The summed E-state index contributed by atoms with van der Waals surface area (Å²) in [5.41, 5.74) is 2.42. The maximum Gasteiger partial charge on any atom is 0.673 e. The smallest absolute Gasteiger partial charge is 0.465 e. The summed E-state index contributed by atoms with van der Waals surface area (Å²) >= 11 is 0. The highest BCUT2D eigenvalue weighted by molar-refractivity contribution is 6.50. The molecule has 0 aromatic heterocycles. The molecule has 0 aromatic carbocycles. The lowest BCUT2D eigenvalue weighted by atomic mass is 9.86. The fourth-order valence-corrected chi connectivity index (χ4v) is 1.91. The van der Waals surface area contributed by atoms with Crippen LogP contribution in [0.5, 0.6) is 0 Å². The molecule has 0 fully saturated rings. The van der Waals surface area contributed by atoms with E-state index in [1.165, 1.54) is 11.1 Å².